The zero-order chi connectivity index (χ0) is 14.5. The van der Waals surface area contributed by atoms with Gasteiger partial charge in [0.2, 0.25) is 0 Å². The van der Waals surface area contributed by atoms with Gasteiger partial charge in [-0.1, -0.05) is 29.8 Å². The first-order valence-electron chi connectivity index (χ1n) is 6.32. The third kappa shape index (κ3) is 3.24. The summed E-state index contributed by atoms with van der Waals surface area (Å²) in [7, 11) is 1.55. The molecular weight excluding hydrogens is 258 g/mol. The minimum absolute atomic E-state index is 0.178. The Morgan fingerprint density at radius 3 is 2.70 bits per heavy atom. The molecule has 0 bridgehead atoms. The maximum Gasteiger partial charge on any atom is 0.361 e. The van der Waals surface area contributed by atoms with Gasteiger partial charge in [0.15, 0.2) is 17.8 Å². The summed E-state index contributed by atoms with van der Waals surface area (Å²) in [5, 5.41) is 0. The number of rotatable bonds is 5. The van der Waals surface area contributed by atoms with Crippen LogP contribution in [0, 0.1) is 6.92 Å². The molecule has 0 amide bonds. The van der Waals surface area contributed by atoms with Crippen molar-refractivity contribution in [2.75, 3.05) is 13.7 Å². The number of oxazole rings is 1. The van der Waals surface area contributed by atoms with Crippen LogP contribution in [0.4, 0.5) is 0 Å². The first-order valence-corrected chi connectivity index (χ1v) is 6.32. The lowest BCUT2D eigenvalue weighted by Gasteiger charge is -2.11. The highest BCUT2D eigenvalue weighted by Gasteiger charge is 2.21. The van der Waals surface area contributed by atoms with Crippen molar-refractivity contribution in [2.45, 2.75) is 20.0 Å². The fourth-order valence-electron chi connectivity index (χ4n) is 1.81. The number of carbonyl (C=O) groups excluding carboxylic acids is 1. The van der Waals surface area contributed by atoms with Crippen molar-refractivity contribution in [1.82, 2.24) is 4.98 Å². The molecule has 0 aliphatic carbocycles. The van der Waals surface area contributed by atoms with E-state index in [2.05, 4.69) is 4.98 Å². The van der Waals surface area contributed by atoms with Crippen molar-refractivity contribution < 1.29 is 18.7 Å². The van der Waals surface area contributed by atoms with E-state index in [1.807, 2.05) is 31.2 Å². The molecule has 0 spiro atoms. The molecule has 0 fully saturated rings. The first kappa shape index (κ1) is 14.3. The predicted octanol–water partition coefficient (Wildman–Crippen LogP) is 2.84. The van der Waals surface area contributed by atoms with E-state index in [9.17, 15) is 4.79 Å². The Kier molecular flexibility index (Phi) is 4.53. The third-order valence-corrected chi connectivity index (χ3v) is 2.78. The van der Waals surface area contributed by atoms with Gasteiger partial charge in [-0.05, 0) is 13.8 Å². The minimum atomic E-state index is -0.515. The van der Waals surface area contributed by atoms with E-state index in [-0.39, 0.29) is 11.8 Å². The molecule has 5 heteroatoms. The quantitative estimate of drug-likeness (QED) is 0.785. The lowest BCUT2D eigenvalue weighted by Crippen LogP contribution is -2.20. The predicted molar refractivity (Wildman–Crippen MR) is 73.4 cm³/mol. The van der Waals surface area contributed by atoms with E-state index >= 15 is 0 Å². The molecule has 0 N–H and O–H groups in total. The van der Waals surface area contributed by atoms with Crippen molar-refractivity contribution in [2.24, 2.45) is 0 Å². The van der Waals surface area contributed by atoms with Gasteiger partial charge in [-0.15, -0.1) is 0 Å². The average Bonchev–Trinajstić information content (AvgIpc) is 2.89. The summed E-state index contributed by atoms with van der Waals surface area (Å²) < 4.78 is 15.5. The van der Waals surface area contributed by atoms with Gasteiger partial charge in [0, 0.05) is 12.7 Å². The SMILES string of the molecule is COC[C@@H](C)OC(=O)c1ncoc1-c1ccc(C)cc1. The molecular formula is C15H17NO4. The smallest absolute Gasteiger partial charge is 0.361 e. The highest BCUT2D eigenvalue weighted by Crippen LogP contribution is 2.24. The Hall–Kier alpha value is -2.14. The zero-order valence-electron chi connectivity index (χ0n) is 11.8. The van der Waals surface area contributed by atoms with Gasteiger partial charge in [0.05, 0.1) is 6.61 Å². The number of ether oxygens (including phenoxy) is 2. The van der Waals surface area contributed by atoms with Crippen LogP contribution in [0.25, 0.3) is 11.3 Å². The van der Waals surface area contributed by atoms with Crippen molar-refractivity contribution >= 4 is 5.97 Å². The minimum Gasteiger partial charge on any atom is -0.455 e. The molecule has 0 saturated carbocycles. The van der Waals surface area contributed by atoms with Crippen molar-refractivity contribution in [3.05, 3.63) is 41.9 Å². The monoisotopic (exact) mass is 275 g/mol. The van der Waals surface area contributed by atoms with Gasteiger partial charge in [-0.2, -0.15) is 0 Å². The molecule has 1 aromatic heterocycles. The summed E-state index contributed by atoms with van der Waals surface area (Å²) >= 11 is 0. The first-order chi connectivity index (χ1) is 9.61. The number of hydrogen-bond donors (Lipinski definition) is 0. The molecule has 1 atom stereocenters. The van der Waals surface area contributed by atoms with Gasteiger partial charge in [0.25, 0.3) is 0 Å². The maximum absolute atomic E-state index is 12.1. The molecule has 20 heavy (non-hydrogen) atoms. The summed E-state index contributed by atoms with van der Waals surface area (Å²) in [6.07, 6.45) is 0.905. The zero-order valence-corrected chi connectivity index (χ0v) is 11.8. The van der Waals surface area contributed by atoms with Crippen LogP contribution in [0.15, 0.2) is 35.1 Å². The maximum atomic E-state index is 12.1. The Morgan fingerprint density at radius 1 is 1.35 bits per heavy atom. The van der Waals surface area contributed by atoms with Crippen LogP contribution in [0.1, 0.15) is 23.0 Å². The molecule has 0 unspecified atom stereocenters. The lowest BCUT2D eigenvalue weighted by molar-refractivity contribution is 0.0115. The number of hydrogen-bond acceptors (Lipinski definition) is 5. The molecule has 5 nitrogen and oxygen atoms in total. The Labute approximate surface area is 117 Å². The van der Waals surface area contributed by atoms with Crippen molar-refractivity contribution in [3.8, 4) is 11.3 Å². The average molecular weight is 275 g/mol. The van der Waals surface area contributed by atoms with E-state index in [1.165, 1.54) is 6.39 Å². The number of aryl methyl sites for hydroxylation is 1. The van der Waals surface area contributed by atoms with Gasteiger partial charge in [0.1, 0.15) is 6.10 Å². The summed E-state index contributed by atoms with van der Waals surface area (Å²) in [5.74, 6) is -0.0986. The summed E-state index contributed by atoms with van der Waals surface area (Å²) in [6.45, 7) is 4.09. The summed E-state index contributed by atoms with van der Waals surface area (Å²) in [5.41, 5.74) is 2.10. The van der Waals surface area contributed by atoms with Crippen LogP contribution in [0.3, 0.4) is 0 Å². The van der Waals surface area contributed by atoms with Crippen LogP contribution in [-0.4, -0.2) is 30.8 Å². The van der Waals surface area contributed by atoms with E-state index in [0.29, 0.717) is 12.4 Å². The van der Waals surface area contributed by atoms with Gasteiger partial charge >= 0.3 is 5.97 Å². The van der Waals surface area contributed by atoms with E-state index in [1.54, 1.807) is 14.0 Å². The van der Waals surface area contributed by atoms with Gasteiger partial charge in [-0.3, -0.25) is 0 Å². The third-order valence-electron chi connectivity index (χ3n) is 2.78. The largest absolute Gasteiger partial charge is 0.455 e. The number of nitrogens with zero attached hydrogens (tertiary/aromatic N) is 1. The highest BCUT2D eigenvalue weighted by molar-refractivity contribution is 5.93. The molecule has 0 radical (unpaired) electrons. The fraction of sp³-hybridized carbons (Fsp3) is 0.333. The van der Waals surface area contributed by atoms with Crippen molar-refractivity contribution in [1.29, 1.82) is 0 Å². The second-order valence-corrected chi connectivity index (χ2v) is 4.57. The molecule has 106 valence electrons. The van der Waals surface area contributed by atoms with Crippen LogP contribution < -0.4 is 0 Å². The molecule has 2 aromatic rings. The van der Waals surface area contributed by atoms with Gasteiger partial charge in [-0.25, -0.2) is 9.78 Å². The number of methoxy groups -OCH3 is 1. The fourth-order valence-corrected chi connectivity index (χ4v) is 1.81. The molecule has 1 heterocycles. The van der Waals surface area contributed by atoms with Crippen LogP contribution in [0.5, 0.6) is 0 Å². The number of esters is 1. The Balaban J connectivity index is 2.20. The second-order valence-electron chi connectivity index (χ2n) is 4.57. The van der Waals surface area contributed by atoms with E-state index in [4.69, 9.17) is 13.9 Å². The van der Waals surface area contributed by atoms with Crippen LogP contribution in [-0.2, 0) is 9.47 Å². The van der Waals surface area contributed by atoms with Crippen LogP contribution >= 0.6 is 0 Å². The molecule has 1 aromatic carbocycles. The molecule has 0 aliphatic rings. The molecule has 0 aliphatic heterocycles. The topological polar surface area (TPSA) is 61.6 Å². The van der Waals surface area contributed by atoms with Crippen LogP contribution in [0.2, 0.25) is 0 Å². The lowest BCUT2D eigenvalue weighted by atomic mass is 10.1. The molecule has 2 rings (SSSR count). The number of benzene rings is 1. The van der Waals surface area contributed by atoms with E-state index in [0.717, 1.165) is 11.1 Å². The Bertz CT molecular complexity index is 574. The number of aromatic nitrogens is 1. The standard InChI is InChI=1S/C15H17NO4/c1-10-4-6-12(7-5-10)14-13(16-9-19-14)15(17)20-11(2)8-18-3/h4-7,9,11H,8H2,1-3H3/t11-/m1/s1. The van der Waals surface area contributed by atoms with Gasteiger partial charge < -0.3 is 13.9 Å². The normalized spacial score (nSPS) is 12.2. The highest BCUT2D eigenvalue weighted by atomic mass is 16.6. The summed E-state index contributed by atoms with van der Waals surface area (Å²) in [4.78, 5) is 16.0. The Morgan fingerprint density at radius 2 is 2.05 bits per heavy atom. The second kappa shape index (κ2) is 6.34. The summed E-state index contributed by atoms with van der Waals surface area (Å²) in [6, 6.07) is 7.65. The molecule has 0 saturated heterocycles. The van der Waals surface area contributed by atoms with Crippen molar-refractivity contribution in [3.63, 3.8) is 0 Å². The van der Waals surface area contributed by atoms with E-state index < -0.39 is 5.97 Å². The number of carbonyl (C=O) groups is 1.